The Morgan fingerprint density at radius 3 is 2.84 bits per heavy atom. The molecule has 1 fully saturated rings. The maximum absolute atomic E-state index is 12.2. The molecule has 2 amide bonds. The zero-order valence-electron chi connectivity index (χ0n) is 11.4. The zero-order valence-corrected chi connectivity index (χ0v) is 11.4. The van der Waals surface area contributed by atoms with Crippen molar-refractivity contribution in [3.63, 3.8) is 0 Å². The Kier molecular flexibility index (Phi) is 4.80. The minimum atomic E-state index is -0.328. The monoisotopic (exact) mass is 262 g/mol. The number of likely N-dealkylation sites (tertiary alicyclic amines) is 1. The Balaban J connectivity index is 1.96. The van der Waals surface area contributed by atoms with Gasteiger partial charge in [-0.25, -0.2) is 4.79 Å². The number of amides is 2. The van der Waals surface area contributed by atoms with Crippen molar-refractivity contribution < 1.29 is 9.90 Å². The third-order valence-corrected chi connectivity index (χ3v) is 3.63. The summed E-state index contributed by atoms with van der Waals surface area (Å²) in [5.74, 6) is 0.559. The molecule has 0 aromatic heterocycles. The van der Waals surface area contributed by atoms with E-state index in [4.69, 9.17) is 0 Å². The van der Waals surface area contributed by atoms with E-state index in [2.05, 4.69) is 12.2 Å². The lowest BCUT2D eigenvalue weighted by atomic mass is 10.0. The molecule has 0 bridgehead atoms. The molecule has 1 aliphatic heterocycles. The molecule has 2 rings (SSSR count). The fourth-order valence-electron chi connectivity index (χ4n) is 2.53. The number of piperidine rings is 1. The van der Waals surface area contributed by atoms with Crippen molar-refractivity contribution in [2.75, 3.05) is 19.7 Å². The number of carbonyl (C=O) groups is 1. The number of carbonyl (C=O) groups excluding carboxylic acids is 1. The Labute approximate surface area is 114 Å². The molecule has 104 valence electrons. The maximum Gasteiger partial charge on any atom is 0.317 e. The van der Waals surface area contributed by atoms with Crippen molar-refractivity contribution in [1.29, 1.82) is 0 Å². The third-order valence-electron chi connectivity index (χ3n) is 3.63. The summed E-state index contributed by atoms with van der Waals surface area (Å²) in [6.07, 6.45) is 2.25. The van der Waals surface area contributed by atoms with Gasteiger partial charge in [0.15, 0.2) is 0 Å². The Morgan fingerprint density at radius 1 is 1.47 bits per heavy atom. The second kappa shape index (κ2) is 6.57. The lowest BCUT2D eigenvalue weighted by molar-refractivity contribution is 0.159. The molecule has 0 aliphatic carbocycles. The number of aliphatic hydroxyl groups excluding tert-OH is 1. The van der Waals surface area contributed by atoms with Crippen LogP contribution < -0.4 is 5.32 Å². The average Bonchev–Trinajstić information content (AvgIpc) is 2.45. The lowest BCUT2D eigenvalue weighted by Crippen LogP contribution is -2.46. The van der Waals surface area contributed by atoms with Crippen LogP contribution in [0.15, 0.2) is 30.3 Å². The number of aliphatic hydroxyl groups is 1. The van der Waals surface area contributed by atoms with Crippen LogP contribution in [0.5, 0.6) is 0 Å². The summed E-state index contributed by atoms with van der Waals surface area (Å²) in [6.45, 7) is 3.70. The van der Waals surface area contributed by atoms with Crippen LogP contribution in [0.3, 0.4) is 0 Å². The van der Waals surface area contributed by atoms with Gasteiger partial charge in [-0.05, 0) is 24.3 Å². The summed E-state index contributed by atoms with van der Waals surface area (Å²) in [6, 6.07) is 9.17. The van der Waals surface area contributed by atoms with E-state index in [1.165, 1.54) is 6.42 Å². The highest BCUT2D eigenvalue weighted by atomic mass is 16.3. The maximum atomic E-state index is 12.2. The first-order valence-corrected chi connectivity index (χ1v) is 6.92. The second-order valence-corrected chi connectivity index (χ2v) is 5.29. The minimum absolute atomic E-state index is 0.0746. The summed E-state index contributed by atoms with van der Waals surface area (Å²) >= 11 is 0. The number of hydrogen-bond acceptors (Lipinski definition) is 2. The first-order chi connectivity index (χ1) is 9.20. The number of urea groups is 1. The van der Waals surface area contributed by atoms with E-state index < -0.39 is 0 Å². The van der Waals surface area contributed by atoms with Gasteiger partial charge in [0.25, 0.3) is 0 Å². The van der Waals surface area contributed by atoms with E-state index in [1.54, 1.807) is 0 Å². The van der Waals surface area contributed by atoms with Crippen molar-refractivity contribution in [2.45, 2.75) is 25.8 Å². The molecule has 0 radical (unpaired) electrons. The zero-order chi connectivity index (χ0) is 13.7. The van der Waals surface area contributed by atoms with Crippen LogP contribution >= 0.6 is 0 Å². The van der Waals surface area contributed by atoms with Crippen LogP contribution in [0.4, 0.5) is 4.79 Å². The first kappa shape index (κ1) is 13.9. The van der Waals surface area contributed by atoms with E-state index >= 15 is 0 Å². The van der Waals surface area contributed by atoms with E-state index in [-0.39, 0.29) is 18.7 Å². The topological polar surface area (TPSA) is 52.6 Å². The molecule has 1 aromatic carbocycles. The molecule has 2 atom stereocenters. The molecule has 1 unspecified atom stereocenters. The average molecular weight is 262 g/mol. The van der Waals surface area contributed by atoms with Gasteiger partial charge < -0.3 is 15.3 Å². The fraction of sp³-hybridized carbons (Fsp3) is 0.533. The summed E-state index contributed by atoms with van der Waals surface area (Å²) in [5.41, 5.74) is 0.934. The highest BCUT2D eigenvalue weighted by Crippen LogP contribution is 2.17. The Hall–Kier alpha value is -1.55. The number of nitrogens with zero attached hydrogens (tertiary/aromatic N) is 1. The van der Waals surface area contributed by atoms with Gasteiger partial charge in [-0.1, -0.05) is 37.3 Å². The molecule has 4 heteroatoms. The number of hydrogen-bond donors (Lipinski definition) is 2. The van der Waals surface area contributed by atoms with Crippen LogP contribution in [0.1, 0.15) is 31.4 Å². The SMILES string of the molecule is CC1CCCN(C(=O)N[C@@H](CO)c2ccccc2)C1. The standard InChI is InChI=1S/C15H22N2O2/c1-12-6-5-9-17(10-12)15(19)16-14(11-18)13-7-3-2-4-8-13/h2-4,7-8,12,14,18H,5-6,9-11H2,1H3,(H,16,19)/t12?,14-/m0/s1. The summed E-state index contributed by atoms with van der Waals surface area (Å²) in [7, 11) is 0. The van der Waals surface area contributed by atoms with Gasteiger partial charge in [-0.2, -0.15) is 0 Å². The van der Waals surface area contributed by atoms with Crippen molar-refractivity contribution in [3.8, 4) is 0 Å². The van der Waals surface area contributed by atoms with Crippen molar-refractivity contribution in [1.82, 2.24) is 10.2 Å². The summed E-state index contributed by atoms with van der Waals surface area (Å²) in [5, 5.41) is 12.4. The van der Waals surface area contributed by atoms with E-state index in [1.807, 2.05) is 35.2 Å². The van der Waals surface area contributed by atoms with Gasteiger partial charge in [0, 0.05) is 13.1 Å². The largest absolute Gasteiger partial charge is 0.394 e. The minimum Gasteiger partial charge on any atom is -0.394 e. The molecular formula is C15H22N2O2. The highest BCUT2D eigenvalue weighted by Gasteiger charge is 2.23. The third kappa shape index (κ3) is 3.70. The van der Waals surface area contributed by atoms with E-state index in [9.17, 15) is 9.90 Å². The van der Waals surface area contributed by atoms with Crippen molar-refractivity contribution in [2.24, 2.45) is 5.92 Å². The molecule has 19 heavy (non-hydrogen) atoms. The first-order valence-electron chi connectivity index (χ1n) is 6.92. The summed E-state index contributed by atoms with van der Waals surface area (Å²) < 4.78 is 0. The van der Waals surface area contributed by atoms with Gasteiger partial charge in [0.2, 0.25) is 0 Å². The predicted molar refractivity (Wildman–Crippen MR) is 74.8 cm³/mol. The molecule has 0 spiro atoms. The van der Waals surface area contributed by atoms with Crippen LogP contribution in [0, 0.1) is 5.92 Å². The van der Waals surface area contributed by atoms with E-state index in [0.717, 1.165) is 25.1 Å². The van der Waals surface area contributed by atoms with Gasteiger partial charge >= 0.3 is 6.03 Å². The highest BCUT2D eigenvalue weighted by molar-refractivity contribution is 5.74. The molecule has 4 nitrogen and oxygen atoms in total. The normalized spacial score (nSPS) is 20.9. The van der Waals surface area contributed by atoms with E-state index in [0.29, 0.717) is 5.92 Å². The molecule has 1 heterocycles. The van der Waals surface area contributed by atoms with Crippen LogP contribution in [0.25, 0.3) is 0 Å². The second-order valence-electron chi connectivity index (χ2n) is 5.29. The van der Waals surface area contributed by atoms with Crippen LogP contribution in [-0.2, 0) is 0 Å². The quantitative estimate of drug-likeness (QED) is 0.877. The molecule has 2 N–H and O–H groups in total. The Bertz CT molecular complexity index is 408. The molecular weight excluding hydrogens is 240 g/mol. The fourth-order valence-corrected chi connectivity index (χ4v) is 2.53. The summed E-state index contributed by atoms with van der Waals surface area (Å²) in [4.78, 5) is 14.0. The van der Waals surface area contributed by atoms with Crippen LogP contribution in [-0.4, -0.2) is 35.7 Å². The molecule has 0 saturated carbocycles. The van der Waals surface area contributed by atoms with Gasteiger partial charge in [-0.3, -0.25) is 0 Å². The van der Waals surface area contributed by atoms with Gasteiger partial charge in [0.1, 0.15) is 0 Å². The van der Waals surface area contributed by atoms with Crippen molar-refractivity contribution in [3.05, 3.63) is 35.9 Å². The predicted octanol–water partition coefficient (Wildman–Crippen LogP) is 2.16. The number of benzene rings is 1. The molecule has 1 saturated heterocycles. The number of rotatable bonds is 3. The smallest absolute Gasteiger partial charge is 0.317 e. The number of nitrogens with one attached hydrogen (secondary N) is 1. The van der Waals surface area contributed by atoms with Crippen molar-refractivity contribution >= 4 is 6.03 Å². The van der Waals surface area contributed by atoms with Crippen LogP contribution in [0.2, 0.25) is 0 Å². The van der Waals surface area contributed by atoms with Gasteiger partial charge in [0.05, 0.1) is 12.6 Å². The molecule has 1 aliphatic rings. The Morgan fingerprint density at radius 2 is 2.21 bits per heavy atom. The molecule has 1 aromatic rings. The van der Waals surface area contributed by atoms with Gasteiger partial charge in [-0.15, -0.1) is 0 Å². The lowest BCUT2D eigenvalue weighted by Gasteiger charge is -2.32.